The zero-order valence-electron chi connectivity index (χ0n) is 17.3. The van der Waals surface area contributed by atoms with Gasteiger partial charge in [-0.15, -0.1) is 0 Å². The number of rotatable bonds is 15. The molecule has 5 heteroatoms. The summed E-state index contributed by atoms with van der Waals surface area (Å²) in [6, 6.07) is 0. The third-order valence-corrected chi connectivity index (χ3v) is 3.91. The van der Waals surface area contributed by atoms with E-state index >= 15 is 0 Å². The van der Waals surface area contributed by atoms with Gasteiger partial charge in [0.15, 0.2) is 0 Å². The standard InChI is InChI=1S/C20H38O4.Na/c1-17(2)11-7-5-9-15-23-19(21)13-14-20(22)24-16-10-6-8-12-18(3)4;/h17-18H,5-16H2,1-4H3;. The van der Waals surface area contributed by atoms with Crippen molar-refractivity contribution in [1.82, 2.24) is 0 Å². The summed E-state index contributed by atoms with van der Waals surface area (Å²) >= 11 is 0. The summed E-state index contributed by atoms with van der Waals surface area (Å²) in [5, 5.41) is 0. The molecule has 0 unspecified atom stereocenters. The van der Waals surface area contributed by atoms with Crippen molar-refractivity contribution in [3.05, 3.63) is 0 Å². The van der Waals surface area contributed by atoms with Crippen LogP contribution < -0.4 is 0 Å². The number of ether oxygens (including phenoxy) is 2. The molecule has 0 rings (SSSR count). The van der Waals surface area contributed by atoms with Gasteiger partial charge in [0.25, 0.3) is 0 Å². The van der Waals surface area contributed by atoms with Crippen molar-refractivity contribution < 1.29 is 19.1 Å². The molecule has 0 aromatic rings. The third-order valence-electron chi connectivity index (χ3n) is 3.91. The molecule has 1 radical (unpaired) electrons. The molecule has 0 amide bonds. The molecule has 0 atom stereocenters. The molecular weight excluding hydrogens is 327 g/mol. The van der Waals surface area contributed by atoms with Crippen LogP contribution in [0.15, 0.2) is 0 Å². The Labute approximate surface area is 177 Å². The summed E-state index contributed by atoms with van der Waals surface area (Å²) in [4.78, 5) is 23.1. The molecule has 0 spiro atoms. The molecule has 0 heterocycles. The van der Waals surface area contributed by atoms with Gasteiger partial charge in [0.2, 0.25) is 0 Å². The Hall–Kier alpha value is -0.0600. The van der Waals surface area contributed by atoms with Crippen LogP contribution in [-0.4, -0.2) is 54.7 Å². The maximum atomic E-state index is 11.5. The largest absolute Gasteiger partial charge is 0.466 e. The maximum absolute atomic E-state index is 11.5. The van der Waals surface area contributed by atoms with E-state index in [1.807, 2.05) is 0 Å². The van der Waals surface area contributed by atoms with Gasteiger partial charge in [-0.1, -0.05) is 66.2 Å². The Morgan fingerprint density at radius 1 is 0.640 bits per heavy atom. The van der Waals surface area contributed by atoms with E-state index in [0.717, 1.165) is 37.5 Å². The number of carbonyl (C=O) groups excluding carboxylic acids is 2. The quantitative estimate of drug-likeness (QED) is 0.235. The minimum absolute atomic E-state index is 0. The number of hydrogen-bond donors (Lipinski definition) is 0. The first-order valence-electron chi connectivity index (χ1n) is 9.73. The van der Waals surface area contributed by atoms with Crippen LogP contribution in [0.25, 0.3) is 0 Å². The summed E-state index contributed by atoms with van der Waals surface area (Å²) in [6.07, 6.45) is 9.02. The molecule has 25 heavy (non-hydrogen) atoms. The minimum Gasteiger partial charge on any atom is -0.466 e. The van der Waals surface area contributed by atoms with E-state index in [9.17, 15) is 9.59 Å². The molecule has 0 aromatic carbocycles. The van der Waals surface area contributed by atoms with Crippen molar-refractivity contribution in [3.63, 3.8) is 0 Å². The van der Waals surface area contributed by atoms with Gasteiger partial charge in [0, 0.05) is 29.6 Å². The minimum atomic E-state index is -0.298. The van der Waals surface area contributed by atoms with Gasteiger partial charge in [0.05, 0.1) is 26.1 Å². The fraction of sp³-hybridized carbons (Fsp3) is 0.900. The average molecular weight is 366 g/mol. The first kappa shape index (κ1) is 27.2. The van der Waals surface area contributed by atoms with Crippen LogP contribution in [0, 0.1) is 11.8 Å². The van der Waals surface area contributed by atoms with Crippen molar-refractivity contribution in [2.45, 2.75) is 91.9 Å². The second-order valence-electron chi connectivity index (χ2n) is 7.43. The summed E-state index contributed by atoms with van der Waals surface area (Å²) in [6.45, 7) is 9.77. The van der Waals surface area contributed by atoms with Crippen LogP contribution in [-0.2, 0) is 19.1 Å². The molecule has 4 nitrogen and oxygen atoms in total. The topological polar surface area (TPSA) is 52.6 Å². The Kier molecular flexibility index (Phi) is 20.3. The van der Waals surface area contributed by atoms with E-state index in [-0.39, 0.29) is 54.3 Å². The van der Waals surface area contributed by atoms with Crippen LogP contribution in [0.5, 0.6) is 0 Å². The molecule has 0 bridgehead atoms. The van der Waals surface area contributed by atoms with Crippen molar-refractivity contribution in [1.29, 1.82) is 0 Å². The molecule has 0 saturated heterocycles. The van der Waals surface area contributed by atoms with Gasteiger partial charge >= 0.3 is 11.9 Å². The number of hydrogen-bond acceptors (Lipinski definition) is 4. The Bertz CT molecular complexity index is 298. The predicted molar refractivity (Wildman–Crippen MR) is 104 cm³/mol. The average Bonchev–Trinajstić information content (AvgIpc) is 2.51. The SMILES string of the molecule is CC(C)CCCCCOC(=O)CCC(=O)OCCCCCC(C)C.[Na]. The number of unbranched alkanes of at least 4 members (excludes halogenated alkanes) is 4. The normalized spacial score (nSPS) is 10.6. The summed E-state index contributed by atoms with van der Waals surface area (Å²) < 4.78 is 10.3. The molecule has 0 saturated carbocycles. The van der Waals surface area contributed by atoms with Crippen molar-refractivity contribution in [3.8, 4) is 0 Å². The predicted octanol–water partition coefficient (Wildman–Crippen LogP) is 4.91. The molecule has 0 aromatic heterocycles. The van der Waals surface area contributed by atoms with Crippen LogP contribution in [0.2, 0.25) is 0 Å². The van der Waals surface area contributed by atoms with Crippen LogP contribution in [0.3, 0.4) is 0 Å². The second-order valence-corrected chi connectivity index (χ2v) is 7.43. The summed E-state index contributed by atoms with van der Waals surface area (Å²) in [7, 11) is 0. The molecule has 0 fully saturated rings. The first-order chi connectivity index (χ1) is 11.4. The van der Waals surface area contributed by atoms with Crippen LogP contribution in [0.4, 0.5) is 0 Å². The van der Waals surface area contributed by atoms with Gasteiger partial charge in [-0.3, -0.25) is 9.59 Å². The Morgan fingerprint density at radius 2 is 1.00 bits per heavy atom. The van der Waals surface area contributed by atoms with Gasteiger partial charge in [-0.2, -0.15) is 0 Å². The molecular formula is C20H38NaO4. The van der Waals surface area contributed by atoms with Crippen LogP contribution in [0.1, 0.15) is 91.9 Å². The van der Waals surface area contributed by atoms with Gasteiger partial charge in [0.1, 0.15) is 0 Å². The molecule has 0 aliphatic rings. The van der Waals surface area contributed by atoms with E-state index in [2.05, 4.69) is 27.7 Å². The Balaban J connectivity index is 0. The molecule has 0 aliphatic heterocycles. The van der Waals surface area contributed by atoms with Gasteiger partial charge in [-0.25, -0.2) is 0 Å². The zero-order chi connectivity index (χ0) is 18.2. The van der Waals surface area contributed by atoms with Gasteiger partial charge < -0.3 is 9.47 Å². The van der Waals surface area contributed by atoms with Gasteiger partial charge in [-0.05, 0) is 24.7 Å². The summed E-state index contributed by atoms with van der Waals surface area (Å²) in [5.74, 6) is 0.864. The van der Waals surface area contributed by atoms with Crippen molar-refractivity contribution >= 4 is 41.5 Å². The summed E-state index contributed by atoms with van der Waals surface area (Å²) in [5.41, 5.74) is 0. The van der Waals surface area contributed by atoms with E-state index < -0.39 is 0 Å². The smallest absolute Gasteiger partial charge is 0.306 e. The molecule has 143 valence electrons. The zero-order valence-corrected chi connectivity index (χ0v) is 19.3. The maximum Gasteiger partial charge on any atom is 0.306 e. The second kappa shape index (κ2) is 18.7. The number of carbonyl (C=O) groups is 2. The van der Waals surface area contributed by atoms with Crippen molar-refractivity contribution in [2.75, 3.05) is 13.2 Å². The van der Waals surface area contributed by atoms with Crippen LogP contribution >= 0.6 is 0 Å². The van der Waals surface area contributed by atoms with Crippen molar-refractivity contribution in [2.24, 2.45) is 11.8 Å². The third kappa shape index (κ3) is 21.9. The molecule has 0 N–H and O–H groups in total. The molecule has 0 aliphatic carbocycles. The fourth-order valence-corrected chi connectivity index (χ4v) is 2.38. The fourth-order valence-electron chi connectivity index (χ4n) is 2.38. The monoisotopic (exact) mass is 365 g/mol. The van der Waals surface area contributed by atoms with E-state index in [0.29, 0.717) is 13.2 Å². The number of esters is 2. The van der Waals surface area contributed by atoms with E-state index in [4.69, 9.17) is 9.47 Å². The van der Waals surface area contributed by atoms with E-state index in [1.165, 1.54) is 25.7 Å². The van der Waals surface area contributed by atoms with E-state index in [1.54, 1.807) is 0 Å². The first-order valence-corrected chi connectivity index (χ1v) is 9.73. The Morgan fingerprint density at radius 3 is 1.32 bits per heavy atom.